The average Bonchev–Trinajstić information content (AvgIpc) is 2.88. The van der Waals surface area contributed by atoms with Crippen LogP contribution in [0.1, 0.15) is 61.3 Å². The van der Waals surface area contributed by atoms with Crippen molar-refractivity contribution in [2.75, 3.05) is 24.7 Å². The number of hydrogen-bond donors (Lipinski definition) is 1. The van der Waals surface area contributed by atoms with Crippen LogP contribution in [0.5, 0.6) is 0 Å². The highest BCUT2D eigenvalue weighted by molar-refractivity contribution is 7.99. The molecule has 1 fully saturated rings. The first-order chi connectivity index (χ1) is 10.1. The summed E-state index contributed by atoms with van der Waals surface area (Å²) in [5.41, 5.74) is 1.66. The lowest BCUT2D eigenvalue weighted by Gasteiger charge is -2.34. The van der Waals surface area contributed by atoms with Gasteiger partial charge >= 0.3 is 0 Å². The molecule has 2 atom stereocenters. The first-order valence-corrected chi connectivity index (χ1v) is 9.98. The number of hydrogen-bond acceptors (Lipinski definition) is 5. The van der Waals surface area contributed by atoms with E-state index in [-0.39, 0.29) is 6.10 Å². The molecule has 118 valence electrons. The molecule has 1 aromatic rings. The van der Waals surface area contributed by atoms with Gasteiger partial charge in [0.05, 0.1) is 12.3 Å². The first kappa shape index (κ1) is 15.8. The molecule has 3 rings (SSSR count). The van der Waals surface area contributed by atoms with Gasteiger partial charge in [-0.1, -0.05) is 20.8 Å². The number of thioether (sulfide) groups is 1. The molecule has 0 spiro atoms. The van der Waals surface area contributed by atoms with E-state index in [1.54, 1.807) is 0 Å². The number of ether oxygens (including phenoxy) is 1. The minimum atomic E-state index is 0.217. The van der Waals surface area contributed by atoms with Gasteiger partial charge in [-0.15, -0.1) is 11.3 Å². The molecule has 1 aromatic heterocycles. The normalized spacial score (nSPS) is 28.3. The van der Waals surface area contributed by atoms with E-state index in [1.165, 1.54) is 28.4 Å². The van der Waals surface area contributed by atoms with Crippen LogP contribution in [0.3, 0.4) is 0 Å². The summed E-state index contributed by atoms with van der Waals surface area (Å²) in [6.45, 7) is 8.91. The smallest absolute Gasteiger partial charge is 0.123 e. The van der Waals surface area contributed by atoms with Gasteiger partial charge in [0.2, 0.25) is 0 Å². The van der Waals surface area contributed by atoms with E-state index >= 15 is 0 Å². The molecule has 5 heteroatoms. The van der Waals surface area contributed by atoms with E-state index in [2.05, 4.69) is 26.1 Å². The zero-order valence-electron chi connectivity index (χ0n) is 13.3. The highest BCUT2D eigenvalue weighted by Crippen LogP contribution is 2.44. The molecule has 2 heterocycles. The fraction of sp³-hybridized carbons (Fsp3) is 0.812. The molecule has 1 aliphatic carbocycles. The number of fused-ring (bicyclic) bond motifs is 1. The van der Waals surface area contributed by atoms with Crippen LogP contribution in [0.15, 0.2) is 0 Å². The Balaban J connectivity index is 1.83. The molecular weight excluding hydrogens is 300 g/mol. The van der Waals surface area contributed by atoms with Crippen LogP contribution in [0, 0.1) is 5.41 Å². The third-order valence-electron chi connectivity index (χ3n) is 4.20. The molecule has 21 heavy (non-hydrogen) atoms. The molecule has 2 unspecified atom stereocenters. The van der Waals surface area contributed by atoms with E-state index < -0.39 is 0 Å². The van der Waals surface area contributed by atoms with E-state index in [0.717, 1.165) is 31.1 Å². The van der Waals surface area contributed by atoms with E-state index in [9.17, 15) is 0 Å². The van der Waals surface area contributed by atoms with Gasteiger partial charge in [0.1, 0.15) is 11.1 Å². The van der Waals surface area contributed by atoms with Crippen molar-refractivity contribution in [3.63, 3.8) is 0 Å². The zero-order valence-corrected chi connectivity index (χ0v) is 14.9. The summed E-state index contributed by atoms with van der Waals surface area (Å²) in [5, 5.41) is 4.93. The molecule has 1 N–H and O–H groups in total. The minimum absolute atomic E-state index is 0.217. The molecule has 0 bridgehead atoms. The highest BCUT2D eigenvalue weighted by Gasteiger charge is 2.35. The van der Waals surface area contributed by atoms with Crippen LogP contribution < -0.4 is 5.32 Å². The molecule has 3 nitrogen and oxygen atoms in total. The van der Waals surface area contributed by atoms with Crippen molar-refractivity contribution in [3.05, 3.63) is 15.6 Å². The number of thiazole rings is 1. The van der Waals surface area contributed by atoms with Crippen molar-refractivity contribution >= 4 is 23.1 Å². The van der Waals surface area contributed by atoms with Crippen LogP contribution in [0.2, 0.25) is 0 Å². The third-order valence-corrected chi connectivity index (χ3v) is 6.49. The van der Waals surface area contributed by atoms with Crippen LogP contribution in [-0.4, -0.2) is 29.6 Å². The fourth-order valence-electron chi connectivity index (χ4n) is 3.20. The molecule has 0 saturated carbocycles. The van der Waals surface area contributed by atoms with Crippen LogP contribution in [0.25, 0.3) is 0 Å². The second kappa shape index (κ2) is 6.57. The summed E-state index contributed by atoms with van der Waals surface area (Å²) in [4.78, 5) is 6.44. The van der Waals surface area contributed by atoms with Gasteiger partial charge in [-0.05, 0) is 31.2 Å². The van der Waals surface area contributed by atoms with Gasteiger partial charge in [0, 0.05) is 22.4 Å². The molecule has 0 radical (unpaired) electrons. The SMILES string of the molecule is CCCNC1CC(C)(C)Cc2nc(C3CSCCO3)sc21. The Morgan fingerprint density at radius 2 is 2.29 bits per heavy atom. The zero-order chi connectivity index (χ0) is 14.9. The summed E-state index contributed by atoms with van der Waals surface area (Å²) >= 11 is 3.87. The first-order valence-electron chi connectivity index (χ1n) is 8.01. The van der Waals surface area contributed by atoms with Gasteiger partial charge in [-0.25, -0.2) is 4.98 Å². The summed E-state index contributed by atoms with van der Waals surface area (Å²) < 4.78 is 5.92. The second-order valence-corrected chi connectivity index (χ2v) is 9.06. The van der Waals surface area contributed by atoms with Gasteiger partial charge in [-0.3, -0.25) is 0 Å². The number of nitrogens with zero attached hydrogens (tertiary/aromatic N) is 1. The van der Waals surface area contributed by atoms with Crippen molar-refractivity contribution in [2.24, 2.45) is 5.41 Å². The maximum Gasteiger partial charge on any atom is 0.123 e. The molecular formula is C16H26N2OS2. The average molecular weight is 327 g/mol. The van der Waals surface area contributed by atoms with Gasteiger partial charge < -0.3 is 10.1 Å². The van der Waals surface area contributed by atoms with Crippen molar-refractivity contribution in [2.45, 2.75) is 52.2 Å². The molecule has 1 aliphatic heterocycles. The maximum absolute atomic E-state index is 5.92. The van der Waals surface area contributed by atoms with E-state index in [1.807, 2.05) is 23.1 Å². The van der Waals surface area contributed by atoms with E-state index in [0.29, 0.717) is 11.5 Å². The monoisotopic (exact) mass is 326 g/mol. The standard InChI is InChI=1S/C16H26N2OS2/c1-4-5-17-11-8-16(2,3)9-12-14(11)21-15(18-12)13-10-20-7-6-19-13/h11,13,17H,4-10H2,1-3H3. The summed E-state index contributed by atoms with van der Waals surface area (Å²) in [7, 11) is 0. The summed E-state index contributed by atoms with van der Waals surface area (Å²) in [6, 6.07) is 0.478. The van der Waals surface area contributed by atoms with Gasteiger partial charge in [0.15, 0.2) is 0 Å². The number of nitrogens with one attached hydrogen (secondary N) is 1. The van der Waals surface area contributed by atoms with Crippen LogP contribution >= 0.6 is 23.1 Å². The summed E-state index contributed by atoms with van der Waals surface area (Å²) in [5.74, 6) is 2.18. The predicted octanol–water partition coefficient (Wildman–Crippen LogP) is 3.96. The molecule has 0 amide bonds. The number of aromatic nitrogens is 1. The Morgan fingerprint density at radius 3 is 3.00 bits per heavy atom. The van der Waals surface area contributed by atoms with Crippen molar-refractivity contribution in [3.8, 4) is 0 Å². The van der Waals surface area contributed by atoms with E-state index in [4.69, 9.17) is 9.72 Å². The Kier molecular flexibility index (Phi) is 4.94. The second-order valence-electron chi connectivity index (χ2n) is 6.85. The summed E-state index contributed by atoms with van der Waals surface area (Å²) in [6.07, 6.45) is 3.71. The Morgan fingerprint density at radius 1 is 1.43 bits per heavy atom. The van der Waals surface area contributed by atoms with Gasteiger partial charge in [-0.2, -0.15) is 11.8 Å². The van der Waals surface area contributed by atoms with Crippen molar-refractivity contribution in [1.82, 2.24) is 10.3 Å². The van der Waals surface area contributed by atoms with Crippen LogP contribution in [-0.2, 0) is 11.2 Å². The number of rotatable bonds is 4. The lowest BCUT2D eigenvalue weighted by molar-refractivity contribution is 0.0753. The fourth-order valence-corrected chi connectivity index (χ4v) is 5.37. The maximum atomic E-state index is 5.92. The van der Waals surface area contributed by atoms with Gasteiger partial charge in [0.25, 0.3) is 0 Å². The minimum Gasteiger partial charge on any atom is -0.369 e. The molecule has 0 aromatic carbocycles. The lowest BCUT2D eigenvalue weighted by atomic mass is 9.76. The Hall–Kier alpha value is -0.100. The predicted molar refractivity (Wildman–Crippen MR) is 91.3 cm³/mol. The topological polar surface area (TPSA) is 34.2 Å². The lowest BCUT2D eigenvalue weighted by Crippen LogP contribution is -2.33. The van der Waals surface area contributed by atoms with Crippen molar-refractivity contribution in [1.29, 1.82) is 0 Å². The Labute approximate surface area is 136 Å². The third kappa shape index (κ3) is 3.63. The quantitative estimate of drug-likeness (QED) is 0.908. The Bertz CT molecular complexity index is 481. The largest absolute Gasteiger partial charge is 0.369 e. The van der Waals surface area contributed by atoms with Crippen LogP contribution in [0.4, 0.5) is 0 Å². The van der Waals surface area contributed by atoms with Crippen molar-refractivity contribution < 1.29 is 4.74 Å². The molecule has 1 saturated heterocycles. The molecule has 2 aliphatic rings. The highest BCUT2D eigenvalue weighted by atomic mass is 32.2.